The minimum absolute atomic E-state index is 0.105. The van der Waals surface area contributed by atoms with Gasteiger partial charge < -0.3 is 33.5 Å². The molecule has 12 heteroatoms. The summed E-state index contributed by atoms with van der Waals surface area (Å²) in [7, 11) is 1.68. The number of ether oxygens (including phenoxy) is 2. The number of hydrogen-bond acceptors (Lipinski definition) is 7. The standard InChI is InChI=1S/C25H35ClN5O5P/c1-28(2)6-4-13-36-23-17-24(35-3)21(26)16-20(23)22-18-31-7-5-19(15-25(31)27-22)30-10-8-29(9-11-30)12-14-37(32,33)34/h5,7,15-18H,4,6,8-14H2,1-3H3,(H2,32,33,34). The van der Waals surface area contributed by atoms with Crippen molar-refractivity contribution in [3.63, 3.8) is 0 Å². The van der Waals surface area contributed by atoms with Crippen molar-refractivity contribution in [3.8, 4) is 22.8 Å². The fourth-order valence-corrected chi connectivity index (χ4v) is 5.16. The van der Waals surface area contributed by atoms with Crippen molar-refractivity contribution in [2.45, 2.75) is 6.42 Å². The van der Waals surface area contributed by atoms with Gasteiger partial charge in [-0.05, 0) is 32.6 Å². The monoisotopic (exact) mass is 551 g/mol. The quantitative estimate of drug-likeness (QED) is 0.274. The topological polar surface area (TPSA) is 103 Å². The number of rotatable bonds is 11. The number of piperazine rings is 1. The molecule has 1 saturated heterocycles. The van der Waals surface area contributed by atoms with Gasteiger partial charge >= 0.3 is 7.60 Å². The normalized spacial score (nSPS) is 15.1. The van der Waals surface area contributed by atoms with Gasteiger partial charge in [0.15, 0.2) is 0 Å². The number of halogens is 1. The van der Waals surface area contributed by atoms with E-state index < -0.39 is 7.60 Å². The Hall–Kier alpha value is -2.33. The Morgan fingerprint density at radius 1 is 1.14 bits per heavy atom. The Kier molecular flexibility index (Phi) is 9.00. The molecule has 202 valence electrons. The molecule has 0 spiro atoms. The van der Waals surface area contributed by atoms with Crippen LogP contribution in [-0.4, -0.2) is 102 Å². The highest BCUT2D eigenvalue weighted by Crippen LogP contribution is 2.39. The van der Waals surface area contributed by atoms with Gasteiger partial charge in [0.05, 0.1) is 30.6 Å². The van der Waals surface area contributed by atoms with Gasteiger partial charge in [0.2, 0.25) is 0 Å². The summed E-state index contributed by atoms with van der Waals surface area (Å²) < 4.78 is 24.7. The Bertz CT molecular complexity index is 1260. The van der Waals surface area contributed by atoms with Crippen molar-refractivity contribution in [3.05, 3.63) is 41.7 Å². The highest BCUT2D eigenvalue weighted by atomic mass is 35.5. The minimum Gasteiger partial charge on any atom is -0.495 e. The van der Waals surface area contributed by atoms with Gasteiger partial charge in [0.1, 0.15) is 17.1 Å². The van der Waals surface area contributed by atoms with Gasteiger partial charge in [-0.1, -0.05) is 11.6 Å². The zero-order valence-corrected chi connectivity index (χ0v) is 23.2. The van der Waals surface area contributed by atoms with E-state index in [9.17, 15) is 4.57 Å². The maximum atomic E-state index is 11.2. The molecular formula is C25H35ClN5O5P. The number of hydrogen-bond donors (Lipinski definition) is 2. The van der Waals surface area contributed by atoms with E-state index >= 15 is 0 Å². The highest BCUT2D eigenvalue weighted by Gasteiger charge is 2.21. The Labute approximate surface area is 222 Å². The van der Waals surface area contributed by atoms with Gasteiger partial charge in [-0.15, -0.1) is 0 Å². The first-order valence-corrected chi connectivity index (χ1v) is 14.5. The third kappa shape index (κ3) is 7.37. The van der Waals surface area contributed by atoms with E-state index in [1.54, 1.807) is 7.11 Å². The van der Waals surface area contributed by atoms with Crippen LogP contribution in [0.2, 0.25) is 5.02 Å². The van der Waals surface area contributed by atoms with Gasteiger partial charge in [-0.2, -0.15) is 0 Å². The Morgan fingerprint density at radius 2 is 1.89 bits per heavy atom. The van der Waals surface area contributed by atoms with E-state index in [2.05, 4.69) is 26.8 Å². The van der Waals surface area contributed by atoms with Crippen LogP contribution in [0.3, 0.4) is 0 Å². The predicted octanol–water partition coefficient (Wildman–Crippen LogP) is 3.29. The first kappa shape index (κ1) is 27.7. The molecular weight excluding hydrogens is 517 g/mol. The molecule has 0 atom stereocenters. The minimum atomic E-state index is -3.97. The lowest BCUT2D eigenvalue weighted by molar-refractivity contribution is 0.264. The molecule has 2 N–H and O–H groups in total. The molecule has 10 nitrogen and oxygen atoms in total. The highest BCUT2D eigenvalue weighted by molar-refractivity contribution is 7.51. The number of pyridine rings is 1. The molecule has 0 saturated carbocycles. The van der Waals surface area contributed by atoms with Crippen LogP contribution >= 0.6 is 19.2 Å². The van der Waals surface area contributed by atoms with Crippen molar-refractivity contribution >= 4 is 30.5 Å². The van der Waals surface area contributed by atoms with E-state index in [-0.39, 0.29) is 6.16 Å². The molecule has 0 radical (unpaired) electrons. The first-order valence-electron chi connectivity index (χ1n) is 12.3. The van der Waals surface area contributed by atoms with Crippen molar-refractivity contribution < 1.29 is 23.8 Å². The van der Waals surface area contributed by atoms with Gasteiger partial charge in [0.25, 0.3) is 0 Å². The molecule has 3 heterocycles. The first-order chi connectivity index (χ1) is 17.6. The molecule has 0 bridgehead atoms. The molecule has 1 aromatic carbocycles. The number of methoxy groups -OCH3 is 1. The maximum Gasteiger partial charge on any atom is 0.326 e. The van der Waals surface area contributed by atoms with Crippen LogP contribution in [-0.2, 0) is 4.57 Å². The lowest BCUT2D eigenvalue weighted by Gasteiger charge is -2.36. The zero-order valence-electron chi connectivity index (χ0n) is 21.5. The fraction of sp³-hybridized carbons (Fsp3) is 0.480. The molecule has 1 fully saturated rings. The molecule has 1 aliphatic heterocycles. The lowest BCUT2D eigenvalue weighted by atomic mass is 10.1. The van der Waals surface area contributed by atoms with Crippen LogP contribution in [0.25, 0.3) is 16.9 Å². The largest absolute Gasteiger partial charge is 0.495 e. The molecule has 37 heavy (non-hydrogen) atoms. The number of benzene rings is 1. The Balaban J connectivity index is 1.51. The fourth-order valence-electron chi connectivity index (χ4n) is 4.37. The maximum absolute atomic E-state index is 11.2. The zero-order chi connectivity index (χ0) is 26.6. The molecule has 4 rings (SSSR count). The molecule has 0 aliphatic carbocycles. The number of aromatic nitrogens is 2. The number of imidazole rings is 1. The number of anilines is 1. The molecule has 2 aromatic heterocycles. The van der Waals surface area contributed by atoms with Crippen molar-refractivity contribution in [1.29, 1.82) is 0 Å². The summed E-state index contributed by atoms with van der Waals surface area (Å²) in [5.41, 5.74) is 3.43. The summed E-state index contributed by atoms with van der Waals surface area (Å²) in [6.07, 6.45) is 4.74. The molecule has 0 unspecified atom stereocenters. The van der Waals surface area contributed by atoms with Crippen molar-refractivity contribution in [2.24, 2.45) is 0 Å². The van der Waals surface area contributed by atoms with E-state index in [0.717, 1.165) is 61.7 Å². The number of fused-ring (bicyclic) bond motifs is 1. The van der Waals surface area contributed by atoms with Crippen LogP contribution in [0.4, 0.5) is 5.69 Å². The summed E-state index contributed by atoms with van der Waals surface area (Å²) in [6, 6.07) is 7.76. The van der Waals surface area contributed by atoms with Crippen LogP contribution in [0.15, 0.2) is 36.7 Å². The van der Waals surface area contributed by atoms with Crippen molar-refractivity contribution in [1.82, 2.24) is 19.2 Å². The van der Waals surface area contributed by atoms with Crippen LogP contribution < -0.4 is 14.4 Å². The van der Waals surface area contributed by atoms with Crippen molar-refractivity contribution in [2.75, 3.05) is 78.1 Å². The van der Waals surface area contributed by atoms with E-state index in [4.69, 9.17) is 35.8 Å². The van der Waals surface area contributed by atoms with Crippen LogP contribution in [0.1, 0.15) is 6.42 Å². The summed E-state index contributed by atoms with van der Waals surface area (Å²) in [6.45, 7) is 4.97. The third-order valence-corrected chi connectivity index (χ3v) is 7.50. The summed E-state index contributed by atoms with van der Waals surface area (Å²) in [5.74, 6) is 1.23. The van der Waals surface area contributed by atoms with E-state index in [0.29, 0.717) is 29.7 Å². The average Bonchev–Trinajstić information content (AvgIpc) is 3.29. The lowest BCUT2D eigenvalue weighted by Crippen LogP contribution is -2.47. The van der Waals surface area contributed by atoms with Gasteiger partial charge in [-0.3, -0.25) is 9.46 Å². The Morgan fingerprint density at radius 3 is 2.57 bits per heavy atom. The second-order valence-corrected chi connectivity index (χ2v) is 11.7. The second-order valence-electron chi connectivity index (χ2n) is 9.48. The summed E-state index contributed by atoms with van der Waals surface area (Å²) in [4.78, 5) is 29.6. The predicted molar refractivity (Wildman–Crippen MR) is 146 cm³/mol. The molecule has 1 aliphatic rings. The van der Waals surface area contributed by atoms with Gasteiger partial charge in [0, 0.05) is 75.0 Å². The van der Waals surface area contributed by atoms with Crippen LogP contribution in [0.5, 0.6) is 11.5 Å². The SMILES string of the molecule is COc1cc(OCCCN(C)C)c(-c2cn3ccc(N4CCN(CCP(=O)(O)O)CC4)cc3n2)cc1Cl. The third-order valence-electron chi connectivity index (χ3n) is 6.43. The summed E-state index contributed by atoms with van der Waals surface area (Å²) in [5, 5.41) is 0.493. The molecule has 0 amide bonds. The van der Waals surface area contributed by atoms with E-state index in [1.807, 2.05) is 43.0 Å². The average molecular weight is 552 g/mol. The number of nitrogens with zero attached hydrogens (tertiary/aromatic N) is 5. The van der Waals surface area contributed by atoms with Crippen LogP contribution in [0, 0.1) is 0 Å². The summed E-state index contributed by atoms with van der Waals surface area (Å²) >= 11 is 6.46. The molecule has 3 aromatic rings. The smallest absolute Gasteiger partial charge is 0.326 e. The van der Waals surface area contributed by atoms with Gasteiger partial charge in [-0.25, -0.2) is 4.98 Å². The second kappa shape index (κ2) is 12.0. The van der Waals surface area contributed by atoms with E-state index in [1.165, 1.54) is 0 Å².